The highest BCUT2D eigenvalue weighted by atomic mass is 16.5. The number of rotatable bonds is 7. The van der Waals surface area contributed by atoms with Crippen molar-refractivity contribution in [3.05, 3.63) is 28.1 Å². The molecule has 7 nitrogen and oxygen atoms in total. The van der Waals surface area contributed by atoms with Gasteiger partial charge in [0.25, 0.3) is 0 Å². The minimum atomic E-state index is -1.39. The van der Waals surface area contributed by atoms with Gasteiger partial charge in [-0.25, -0.2) is 14.6 Å². The van der Waals surface area contributed by atoms with E-state index in [0.29, 0.717) is 23.2 Å². The van der Waals surface area contributed by atoms with Crippen molar-refractivity contribution in [1.29, 1.82) is 0 Å². The molecule has 1 aromatic rings. The van der Waals surface area contributed by atoms with Crippen LogP contribution in [0.15, 0.2) is 0 Å². The molecule has 2 N–H and O–H groups in total. The number of hydrogen-bond acceptors (Lipinski definition) is 5. The molecule has 0 unspecified atom stereocenters. The molecule has 0 aliphatic carbocycles. The largest absolute Gasteiger partial charge is 0.478 e. The summed E-state index contributed by atoms with van der Waals surface area (Å²) in [6, 6.07) is 0. The van der Waals surface area contributed by atoms with Gasteiger partial charge in [-0.15, -0.1) is 0 Å². The van der Waals surface area contributed by atoms with Gasteiger partial charge < -0.3 is 19.7 Å². The van der Waals surface area contributed by atoms with Crippen LogP contribution in [0.3, 0.4) is 0 Å². The second kappa shape index (κ2) is 6.97. The van der Waals surface area contributed by atoms with Gasteiger partial charge in [-0.05, 0) is 17.5 Å². The summed E-state index contributed by atoms with van der Waals surface area (Å²) in [5.41, 5.74) is 0.590. The molecular weight excluding hydrogens is 266 g/mol. The molecule has 0 aromatic carbocycles. The van der Waals surface area contributed by atoms with Gasteiger partial charge in [0.1, 0.15) is 0 Å². The number of carboxylic acid groups (broad SMARTS) is 2. The van der Waals surface area contributed by atoms with Crippen molar-refractivity contribution in [3.63, 3.8) is 0 Å². The fourth-order valence-corrected chi connectivity index (χ4v) is 2.09. The summed E-state index contributed by atoms with van der Waals surface area (Å²) in [6.45, 7) is 1.95. The van der Waals surface area contributed by atoms with Gasteiger partial charge in [-0.2, -0.15) is 0 Å². The van der Waals surface area contributed by atoms with Crippen LogP contribution in [0, 0.1) is 0 Å². The Hall–Kier alpha value is -1.99. The van der Waals surface area contributed by atoms with Gasteiger partial charge in [0.15, 0.2) is 5.69 Å². The summed E-state index contributed by atoms with van der Waals surface area (Å²) >= 11 is 0. The van der Waals surface area contributed by atoms with E-state index in [2.05, 4.69) is 4.98 Å². The van der Waals surface area contributed by atoms with Crippen LogP contribution < -0.4 is 0 Å². The molecule has 1 heterocycles. The molecular formula is C13H17NO6. The lowest BCUT2D eigenvalue weighted by molar-refractivity contribution is 0.0640. The van der Waals surface area contributed by atoms with Gasteiger partial charge in [0, 0.05) is 14.2 Å². The predicted molar refractivity (Wildman–Crippen MR) is 69.0 cm³/mol. The average molecular weight is 283 g/mol. The molecule has 0 saturated carbocycles. The molecule has 0 aliphatic rings. The van der Waals surface area contributed by atoms with Crippen LogP contribution in [0.2, 0.25) is 0 Å². The molecule has 1 aromatic heterocycles. The highest BCUT2D eigenvalue weighted by Crippen LogP contribution is 2.23. The molecule has 110 valence electrons. The maximum atomic E-state index is 11.4. The highest BCUT2D eigenvalue weighted by molar-refractivity contribution is 6.01. The minimum absolute atomic E-state index is 0.00429. The van der Waals surface area contributed by atoms with E-state index >= 15 is 0 Å². The van der Waals surface area contributed by atoms with Crippen LogP contribution in [0.1, 0.15) is 44.6 Å². The maximum absolute atomic E-state index is 11.4. The fraction of sp³-hybridized carbons (Fsp3) is 0.462. The number of carbonyl (C=O) groups is 2. The monoisotopic (exact) mass is 283 g/mol. The average Bonchev–Trinajstić information content (AvgIpc) is 2.38. The van der Waals surface area contributed by atoms with Crippen molar-refractivity contribution in [2.75, 3.05) is 14.2 Å². The van der Waals surface area contributed by atoms with Crippen LogP contribution in [0.25, 0.3) is 0 Å². The third-order valence-corrected chi connectivity index (χ3v) is 2.84. The third-order valence-electron chi connectivity index (χ3n) is 2.84. The number of hydrogen-bond donors (Lipinski definition) is 2. The molecule has 0 spiro atoms. The van der Waals surface area contributed by atoms with E-state index in [9.17, 15) is 14.7 Å². The fourth-order valence-electron chi connectivity index (χ4n) is 2.09. The molecule has 0 aliphatic heterocycles. The lowest BCUT2D eigenvalue weighted by atomic mass is 9.96. The zero-order valence-corrected chi connectivity index (χ0v) is 11.6. The van der Waals surface area contributed by atoms with Crippen molar-refractivity contribution in [3.8, 4) is 0 Å². The van der Waals surface area contributed by atoms with Crippen molar-refractivity contribution < 1.29 is 29.3 Å². The van der Waals surface area contributed by atoms with E-state index in [1.165, 1.54) is 14.2 Å². The predicted octanol–water partition coefficient (Wildman–Crippen LogP) is 1.33. The van der Waals surface area contributed by atoms with Crippen LogP contribution in [0.4, 0.5) is 0 Å². The van der Waals surface area contributed by atoms with Crippen molar-refractivity contribution in [2.45, 2.75) is 26.6 Å². The quantitative estimate of drug-likeness (QED) is 0.777. The number of pyridine rings is 1. The van der Waals surface area contributed by atoms with Crippen LogP contribution in [-0.2, 0) is 29.1 Å². The standard InChI is InChI=1S/C13H17NO6/c1-4-7-8(5-19-2)10(12(15)16)11(13(17)18)14-9(7)6-20-3/h4-6H2,1-3H3,(H,15,16)(H,17,18). The van der Waals surface area contributed by atoms with E-state index in [-0.39, 0.29) is 18.8 Å². The molecule has 0 bridgehead atoms. The maximum Gasteiger partial charge on any atom is 0.355 e. The smallest absolute Gasteiger partial charge is 0.355 e. The lowest BCUT2D eigenvalue weighted by Gasteiger charge is -2.16. The SMILES string of the molecule is CCc1c(COC)nc(C(=O)O)c(C(=O)O)c1COC. The first kappa shape index (κ1) is 16.1. The zero-order chi connectivity index (χ0) is 15.3. The second-order valence-electron chi connectivity index (χ2n) is 4.07. The summed E-state index contributed by atoms with van der Waals surface area (Å²) in [4.78, 5) is 26.5. The van der Waals surface area contributed by atoms with E-state index < -0.39 is 17.6 Å². The minimum Gasteiger partial charge on any atom is -0.478 e. The molecule has 0 radical (unpaired) electrons. The number of aromatic carboxylic acids is 2. The zero-order valence-electron chi connectivity index (χ0n) is 11.6. The number of aromatic nitrogens is 1. The van der Waals surface area contributed by atoms with Crippen LogP contribution in [-0.4, -0.2) is 41.4 Å². The summed E-state index contributed by atoms with van der Waals surface area (Å²) < 4.78 is 10.00. The number of methoxy groups -OCH3 is 2. The van der Waals surface area contributed by atoms with Gasteiger partial charge >= 0.3 is 11.9 Å². The van der Waals surface area contributed by atoms with E-state index in [1.807, 2.05) is 6.92 Å². The molecule has 20 heavy (non-hydrogen) atoms. The first-order chi connectivity index (χ1) is 9.47. The Labute approximate surface area is 116 Å². The Morgan fingerprint density at radius 3 is 2.05 bits per heavy atom. The Morgan fingerprint density at radius 1 is 1.05 bits per heavy atom. The number of nitrogens with zero attached hydrogens (tertiary/aromatic N) is 1. The highest BCUT2D eigenvalue weighted by Gasteiger charge is 2.26. The molecule has 7 heteroatoms. The van der Waals surface area contributed by atoms with Gasteiger partial charge in [-0.3, -0.25) is 0 Å². The molecule has 0 saturated heterocycles. The van der Waals surface area contributed by atoms with E-state index in [0.717, 1.165) is 0 Å². The first-order valence-electron chi connectivity index (χ1n) is 5.96. The third kappa shape index (κ3) is 3.12. The van der Waals surface area contributed by atoms with Gasteiger partial charge in [0.2, 0.25) is 0 Å². The van der Waals surface area contributed by atoms with Crippen LogP contribution in [0.5, 0.6) is 0 Å². The summed E-state index contributed by atoms with van der Waals surface area (Å²) in [7, 11) is 2.88. The molecule has 0 fully saturated rings. The normalized spacial score (nSPS) is 10.6. The summed E-state index contributed by atoms with van der Waals surface area (Å²) in [5.74, 6) is -2.72. The molecule has 0 atom stereocenters. The van der Waals surface area contributed by atoms with Crippen molar-refractivity contribution in [1.82, 2.24) is 4.98 Å². The van der Waals surface area contributed by atoms with Gasteiger partial charge in [-0.1, -0.05) is 6.92 Å². The van der Waals surface area contributed by atoms with Crippen molar-refractivity contribution >= 4 is 11.9 Å². The Balaban J connectivity index is 3.69. The number of carboxylic acids is 2. The van der Waals surface area contributed by atoms with Crippen molar-refractivity contribution in [2.24, 2.45) is 0 Å². The van der Waals surface area contributed by atoms with Gasteiger partial charge in [0.05, 0.1) is 24.5 Å². The Kier molecular flexibility index (Phi) is 5.60. The Bertz CT molecular complexity index is 526. The topological polar surface area (TPSA) is 106 Å². The van der Waals surface area contributed by atoms with Crippen LogP contribution >= 0.6 is 0 Å². The molecule has 1 rings (SSSR count). The first-order valence-corrected chi connectivity index (χ1v) is 5.96. The lowest BCUT2D eigenvalue weighted by Crippen LogP contribution is -2.19. The number of ether oxygens (including phenoxy) is 2. The van der Waals surface area contributed by atoms with E-state index in [4.69, 9.17) is 14.6 Å². The summed E-state index contributed by atoms with van der Waals surface area (Å²) in [6.07, 6.45) is 0.505. The second-order valence-corrected chi connectivity index (χ2v) is 4.07. The van der Waals surface area contributed by atoms with E-state index in [1.54, 1.807) is 0 Å². The molecule has 0 amide bonds. The Morgan fingerprint density at radius 2 is 1.65 bits per heavy atom. The summed E-state index contributed by atoms with van der Waals surface area (Å²) in [5, 5.41) is 18.4.